The van der Waals surface area contributed by atoms with Crippen molar-refractivity contribution in [2.45, 2.75) is 5.16 Å². The Morgan fingerprint density at radius 3 is 2.76 bits per heavy atom. The van der Waals surface area contributed by atoms with Crippen molar-refractivity contribution in [3.63, 3.8) is 0 Å². The quantitative estimate of drug-likeness (QED) is 0.239. The van der Waals surface area contributed by atoms with Crippen LogP contribution in [0.25, 0.3) is 22.3 Å². The van der Waals surface area contributed by atoms with Gasteiger partial charge in [-0.1, -0.05) is 65.6 Å². The zero-order valence-electron chi connectivity index (χ0n) is 17.7. The number of thiazole rings is 1. The maximum absolute atomic E-state index is 12.3. The van der Waals surface area contributed by atoms with Crippen LogP contribution < -0.4 is 10.3 Å². The molecule has 0 atom stereocenters. The number of rotatable bonds is 7. The molecule has 0 unspecified atom stereocenters. The van der Waals surface area contributed by atoms with Crippen LogP contribution in [0.4, 0.5) is 5.13 Å². The predicted octanol–water partition coefficient (Wildman–Crippen LogP) is 3.77. The van der Waals surface area contributed by atoms with Crippen LogP contribution in [0.2, 0.25) is 0 Å². The summed E-state index contributed by atoms with van der Waals surface area (Å²) in [6.07, 6.45) is 1.67. The van der Waals surface area contributed by atoms with E-state index in [9.17, 15) is 4.79 Å². The van der Waals surface area contributed by atoms with Gasteiger partial charge in [0.2, 0.25) is 0 Å². The summed E-state index contributed by atoms with van der Waals surface area (Å²) < 4.78 is 5.46. The van der Waals surface area contributed by atoms with Gasteiger partial charge in [-0.25, -0.2) is 15.4 Å². The molecule has 1 fully saturated rings. The van der Waals surface area contributed by atoms with Gasteiger partial charge in [0.25, 0.3) is 5.91 Å². The monoisotopic (exact) mass is 478 g/mol. The molecule has 33 heavy (non-hydrogen) atoms. The van der Waals surface area contributed by atoms with E-state index in [2.05, 4.69) is 25.4 Å². The second-order valence-corrected chi connectivity index (χ2v) is 9.29. The number of hydrogen-bond acceptors (Lipinski definition) is 8. The van der Waals surface area contributed by atoms with Gasteiger partial charge >= 0.3 is 0 Å². The third kappa shape index (κ3) is 5.24. The fourth-order valence-corrected chi connectivity index (χ4v) is 5.12. The third-order valence-corrected chi connectivity index (χ3v) is 6.97. The van der Waals surface area contributed by atoms with Gasteiger partial charge < -0.3 is 14.6 Å². The fourth-order valence-electron chi connectivity index (χ4n) is 3.43. The zero-order valence-corrected chi connectivity index (χ0v) is 19.4. The number of aromatic nitrogens is 3. The van der Waals surface area contributed by atoms with Crippen molar-refractivity contribution in [1.29, 1.82) is 0 Å². The minimum atomic E-state index is -0.198. The summed E-state index contributed by atoms with van der Waals surface area (Å²) >= 11 is 2.91. The molecule has 1 amide bonds. The minimum absolute atomic E-state index is 0.198. The normalized spacial score (nSPS) is 14.2. The van der Waals surface area contributed by atoms with E-state index in [0.717, 1.165) is 45.4 Å². The van der Waals surface area contributed by atoms with E-state index < -0.39 is 0 Å². The third-order valence-electron chi connectivity index (χ3n) is 5.05. The molecule has 8 nitrogen and oxygen atoms in total. The standard InChI is InChI=1S/C23H22N6O2S2/c30-20(15-32-22-25-17-8-4-5-9-18(17)26-22)28-24-14-19-21(16-6-2-1-3-7-16)27-23(33-19)29-10-12-31-13-11-29/h1-9,14H,10-13,15H2,(H,25,26)(H,28,30). The number of benzene rings is 2. The first kappa shape index (κ1) is 21.6. The van der Waals surface area contributed by atoms with Crippen molar-refractivity contribution in [3.8, 4) is 11.3 Å². The number of thioether (sulfide) groups is 1. The van der Waals surface area contributed by atoms with E-state index in [1.807, 2.05) is 54.6 Å². The Morgan fingerprint density at radius 2 is 1.94 bits per heavy atom. The Bertz CT molecular complexity index is 1230. The van der Waals surface area contributed by atoms with Crippen molar-refractivity contribution in [2.75, 3.05) is 37.0 Å². The molecule has 2 aromatic carbocycles. The van der Waals surface area contributed by atoms with E-state index in [-0.39, 0.29) is 11.7 Å². The maximum Gasteiger partial charge on any atom is 0.250 e. The molecule has 3 heterocycles. The number of nitrogens with one attached hydrogen (secondary N) is 2. The van der Waals surface area contributed by atoms with Gasteiger partial charge in [0.15, 0.2) is 10.3 Å². The topological polar surface area (TPSA) is 95.5 Å². The van der Waals surface area contributed by atoms with E-state index in [1.165, 1.54) is 11.8 Å². The van der Waals surface area contributed by atoms with Crippen LogP contribution in [0.3, 0.4) is 0 Å². The second-order valence-electron chi connectivity index (χ2n) is 7.32. The first-order valence-corrected chi connectivity index (χ1v) is 12.3. The largest absolute Gasteiger partial charge is 0.378 e. The zero-order chi connectivity index (χ0) is 22.5. The number of ether oxygens (including phenoxy) is 1. The molecule has 1 saturated heterocycles. The second kappa shape index (κ2) is 10.2. The molecule has 0 bridgehead atoms. The van der Waals surface area contributed by atoms with E-state index in [0.29, 0.717) is 18.4 Å². The van der Waals surface area contributed by atoms with Crippen molar-refractivity contribution >= 4 is 51.4 Å². The molecule has 4 aromatic rings. The molecule has 1 aliphatic rings. The average molecular weight is 479 g/mol. The van der Waals surface area contributed by atoms with Crippen molar-refractivity contribution in [3.05, 3.63) is 59.5 Å². The van der Waals surface area contributed by atoms with Gasteiger partial charge in [0.05, 0.1) is 46.8 Å². The Labute approximate surface area is 199 Å². The lowest BCUT2D eigenvalue weighted by molar-refractivity contribution is -0.118. The molecule has 0 radical (unpaired) electrons. The molecule has 2 N–H and O–H groups in total. The van der Waals surface area contributed by atoms with Gasteiger partial charge in [-0.05, 0) is 12.1 Å². The lowest BCUT2D eigenvalue weighted by atomic mass is 10.1. The summed E-state index contributed by atoms with van der Waals surface area (Å²) in [7, 11) is 0. The Balaban J connectivity index is 1.25. The van der Waals surface area contributed by atoms with Gasteiger partial charge in [-0.15, -0.1) is 0 Å². The number of hydrogen-bond donors (Lipinski definition) is 2. The molecule has 0 saturated carbocycles. The van der Waals surface area contributed by atoms with Crippen molar-refractivity contribution in [1.82, 2.24) is 20.4 Å². The number of carbonyl (C=O) groups is 1. The number of hydrazone groups is 1. The van der Waals surface area contributed by atoms with Crippen LogP contribution in [0.15, 0.2) is 64.9 Å². The number of anilines is 1. The van der Waals surface area contributed by atoms with E-state index in [1.54, 1.807) is 17.6 Å². The number of imidazole rings is 1. The summed E-state index contributed by atoms with van der Waals surface area (Å²) in [4.78, 5) is 28.0. The lowest BCUT2D eigenvalue weighted by Gasteiger charge is -2.26. The first-order valence-electron chi connectivity index (χ1n) is 10.5. The molecule has 0 aliphatic carbocycles. The molecule has 1 aliphatic heterocycles. The van der Waals surface area contributed by atoms with E-state index in [4.69, 9.17) is 9.72 Å². The molecule has 5 rings (SSSR count). The number of carbonyl (C=O) groups excluding carboxylic acids is 1. The molecule has 0 spiro atoms. The Hall–Kier alpha value is -3.21. The molecule has 10 heteroatoms. The molecule has 168 valence electrons. The Morgan fingerprint density at radius 1 is 1.15 bits per heavy atom. The van der Waals surface area contributed by atoms with Gasteiger partial charge in [0.1, 0.15) is 0 Å². The number of amides is 1. The Kier molecular flexibility index (Phi) is 6.66. The fraction of sp³-hybridized carbons (Fsp3) is 0.217. The highest BCUT2D eigenvalue weighted by molar-refractivity contribution is 7.99. The predicted molar refractivity (Wildman–Crippen MR) is 133 cm³/mol. The summed E-state index contributed by atoms with van der Waals surface area (Å²) in [5.41, 5.74) is 6.32. The van der Waals surface area contributed by atoms with Crippen molar-refractivity contribution < 1.29 is 9.53 Å². The van der Waals surface area contributed by atoms with Gasteiger partial charge in [-0.3, -0.25) is 4.79 Å². The van der Waals surface area contributed by atoms with Gasteiger partial charge in [0, 0.05) is 18.7 Å². The number of aromatic amines is 1. The summed E-state index contributed by atoms with van der Waals surface area (Å²) in [6.45, 7) is 3.02. The highest BCUT2D eigenvalue weighted by atomic mass is 32.2. The lowest BCUT2D eigenvalue weighted by Crippen LogP contribution is -2.36. The van der Waals surface area contributed by atoms with Crippen molar-refractivity contribution in [2.24, 2.45) is 5.10 Å². The summed E-state index contributed by atoms with van der Waals surface area (Å²) in [5.74, 6) is 0.0145. The number of morpholine rings is 1. The smallest absolute Gasteiger partial charge is 0.250 e. The summed E-state index contributed by atoms with van der Waals surface area (Å²) in [5, 5.41) is 5.84. The maximum atomic E-state index is 12.3. The molecular weight excluding hydrogens is 456 g/mol. The highest BCUT2D eigenvalue weighted by Gasteiger charge is 2.19. The van der Waals surface area contributed by atoms with E-state index >= 15 is 0 Å². The minimum Gasteiger partial charge on any atom is -0.378 e. The van der Waals surface area contributed by atoms with Crippen LogP contribution in [0, 0.1) is 0 Å². The van der Waals surface area contributed by atoms with Crippen LogP contribution in [-0.4, -0.2) is 59.1 Å². The van der Waals surface area contributed by atoms with Gasteiger partial charge in [-0.2, -0.15) is 5.10 Å². The SMILES string of the molecule is O=C(CSc1nc2ccccc2[nH]1)NN=Cc1sc(N2CCOCC2)nc1-c1ccccc1. The number of nitrogens with zero attached hydrogens (tertiary/aromatic N) is 4. The summed E-state index contributed by atoms with van der Waals surface area (Å²) in [6, 6.07) is 17.8. The highest BCUT2D eigenvalue weighted by Crippen LogP contribution is 2.32. The number of fused-ring (bicyclic) bond motifs is 1. The number of para-hydroxylation sites is 2. The van der Waals surface area contributed by atoms with Crippen LogP contribution in [-0.2, 0) is 9.53 Å². The molecule has 2 aromatic heterocycles. The molecular formula is C23H22N6O2S2. The number of H-pyrrole nitrogens is 1. The first-order chi connectivity index (χ1) is 16.3. The van der Waals surface area contributed by atoms with Crippen LogP contribution in [0.1, 0.15) is 4.88 Å². The van der Waals surface area contributed by atoms with Crippen LogP contribution >= 0.6 is 23.1 Å². The average Bonchev–Trinajstić information content (AvgIpc) is 3.48. The van der Waals surface area contributed by atoms with Crippen LogP contribution in [0.5, 0.6) is 0 Å².